The van der Waals surface area contributed by atoms with Gasteiger partial charge in [0, 0.05) is 30.8 Å². The molecule has 4 N–H and O–H groups in total. The van der Waals surface area contributed by atoms with Crippen LogP contribution in [0.15, 0.2) is 6.20 Å². The van der Waals surface area contributed by atoms with E-state index in [1.807, 2.05) is 6.20 Å². The Morgan fingerprint density at radius 2 is 2.10 bits per heavy atom. The van der Waals surface area contributed by atoms with Gasteiger partial charge in [0.15, 0.2) is 0 Å². The Morgan fingerprint density at radius 1 is 1.29 bits per heavy atom. The van der Waals surface area contributed by atoms with Crippen molar-refractivity contribution in [2.75, 3.05) is 24.1 Å². The number of carbonyl (C=O) groups is 1. The minimum absolute atomic E-state index is 0.214. The fraction of sp³-hybridized carbons (Fsp3) is 0.667. The van der Waals surface area contributed by atoms with E-state index in [4.69, 9.17) is 5.73 Å². The second kappa shape index (κ2) is 6.28. The molecular formula is C15H23N5O. The zero-order chi connectivity index (χ0) is 14.7. The average Bonchev–Trinajstić information content (AvgIpc) is 3.20. The van der Waals surface area contributed by atoms with E-state index in [9.17, 15) is 4.79 Å². The lowest BCUT2D eigenvalue weighted by Gasteiger charge is -2.24. The molecule has 0 saturated heterocycles. The smallest absolute Gasteiger partial charge is 0.223 e. The van der Waals surface area contributed by atoms with Crippen LogP contribution in [0, 0.1) is 5.92 Å². The Bertz CT molecular complexity index is 511. The van der Waals surface area contributed by atoms with Gasteiger partial charge in [0.25, 0.3) is 0 Å². The Morgan fingerprint density at radius 3 is 2.76 bits per heavy atom. The maximum Gasteiger partial charge on any atom is 0.223 e. The molecule has 1 aromatic rings. The van der Waals surface area contributed by atoms with Crippen LogP contribution < -0.4 is 16.4 Å². The Balaban J connectivity index is 1.40. The maximum atomic E-state index is 11.7. The number of carbonyl (C=O) groups excluding carboxylic acids is 1. The minimum Gasteiger partial charge on any atom is -0.370 e. The number of amides is 1. The molecule has 1 heterocycles. The molecule has 21 heavy (non-hydrogen) atoms. The van der Waals surface area contributed by atoms with E-state index in [0.717, 1.165) is 31.6 Å². The average molecular weight is 289 g/mol. The van der Waals surface area contributed by atoms with Crippen LogP contribution in [-0.4, -0.2) is 29.0 Å². The van der Waals surface area contributed by atoms with Crippen molar-refractivity contribution in [1.29, 1.82) is 0 Å². The molecule has 0 atom stereocenters. The first-order valence-corrected chi connectivity index (χ1v) is 7.88. The third-order valence-corrected chi connectivity index (χ3v) is 4.27. The number of rotatable bonds is 7. The van der Waals surface area contributed by atoms with Crippen molar-refractivity contribution in [2.24, 2.45) is 5.92 Å². The number of nitrogens with two attached hydrogens (primary N) is 1. The molecule has 3 rings (SSSR count). The van der Waals surface area contributed by atoms with Crippen LogP contribution in [0.3, 0.4) is 0 Å². The summed E-state index contributed by atoms with van der Waals surface area (Å²) in [5.74, 6) is 2.23. The maximum absolute atomic E-state index is 11.7. The largest absolute Gasteiger partial charge is 0.370 e. The highest BCUT2D eigenvalue weighted by molar-refractivity contribution is 5.79. The summed E-state index contributed by atoms with van der Waals surface area (Å²) in [4.78, 5) is 20.0. The lowest BCUT2D eigenvalue weighted by molar-refractivity contribution is -0.127. The molecular weight excluding hydrogens is 266 g/mol. The van der Waals surface area contributed by atoms with Crippen molar-refractivity contribution in [1.82, 2.24) is 15.3 Å². The number of nitrogens with one attached hydrogen (secondary N) is 2. The Labute approximate surface area is 124 Å². The standard InChI is InChI=1S/C15H23N5O/c16-15-19-9-12(10-5-6-10)13(20-15)17-7-2-8-18-14(21)11-3-1-4-11/h9-11H,1-8H2,(H,18,21)(H3,16,17,19,20). The summed E-state index contributed by atoms with van der Waals surface area (Å²) in [5, 5.41) is 6.32. The van der Waals surface area contributed by atoms with Gasteiger partial charge in [-0.05, 0) is 38.0 Å². The number of hydrogen-bond donors (Lipinski definition) is 3. The van der Waals surface area contributed by atoms with Crippen LogP contribution in [0.4, 0.5) is 11.8 Å². The molecule has 2 fully saturated rings. The summed E-state index contributed by atoms with van der Waals surface area (Å²) in [6.07, 6.45) is 8.43. The van der Waals surface area contributed by atoms with Crippen LogP contribution in [0.25, 0.3) is 0 Å². The molecule has 2 aliphatic carbocycles. The predicted molar refractivity (Wildman–Crippen MR) is 81.9 cm³/mol. The van der Waals surface area contributed by atoms with Crippen molar-refractivity contribution in [2.45, 2.75) is 44.4 Å². The third kappa shape index (κ3) is 3.62. The van der Waals surface area contributed by atoms with Crippen LogP contribution in [0.2, 0.25) is 0 Å². The van der Waals surface area contributed by atoms with E-state index >= 15 is 0 Å². The highest BCUT2D eigenvalue weighted by Gasteiger charge is 2.27. The first-order valence-electron chi connectivity index (χ1n) is 7.88. The summed E-state index contributed by atoms with van der Waals surface area (Å²) in [6.45, 7) is 1.49. The van der Waals surface area contributed by atoms with Crippen LogP contribution in [-0.2, 0) is 4.79 Å². The van der Waals surface area contributed by atoms with Crippen molar-refractivity contribution in [3.63, 3.8) is 0 Å². The molecule has 6 heteroatoms. The second-order valence-corrected chi connectivity index (χ2v) is 6.01. The first kappa shape index (κ1) is 14.1. The van der Waals surface area contributed by atoms with Crippen LogP contribution in [0.5, 0.6) is 0 Å². The van der Waals surface area contributed by atoms with Gasteiger partial charge >= 0.3 is 0 Å². The molecule has 0 spiro atoms. The highest BCUT2D eigenvalue weighted by atomic mass is 16.1. The van der Waals surface area contributed by atoms with Gasteiger partial charge in [0.05, 0.1) is 0 Å². The molecule has 2 saturated carbocycles. The Kier molecular flexibility index (Phi) is 4.22. The molecule has 114 valence electrons. The molecule has 2 aliphatic rings. The SMILES string of the molecule is Nc1ncc(C2CC2)c(NCCCNC(=O)C2CCC2)n1. The molecule has 0 radical (unpaired) electrons. The van der Waals surface area contributed by atoms with Crippen molar-refractivity contribution in [3.8, 4) is 0 Å². The number of nitrogen functional groups attached to an aromatic ring is 1. The van der Waals surface area contributed by atoms with E-state index in [2.05, 4.69) is 20.6 Å². The number of anilines is 2. The normalized spacial score (nSPS) is 18.1. The summed E-state index contributed by atoms with van der Waals surface area (Å²) in [6, 6.07) is 0. The van der Waals surface area contributed by atoms with Gasteiger partial charge in [-0.1, -0.05) is 6.42 Å². The molecule has 0 bridgehead atoms. The first-order chi connectivity index (χ1) is 10.2. The number of aromatic nitrogens is 2. The van der Waals surface area contributed by atoms with E-state index in [0.29, 0.717) is 18.4 Å². The molecule has 6 nitrogen and oxygen atoms in total. The van der Waals surface area contributed by atoms with Crippen LogP contribution >= 0.6 is 0 Å². The summed E-state index contributed by atoms with van der Waals surface area (Å²) >= 11 is 0. The quantitative estimate of drug-likeness (QED) is 0.664. The lowest BCUT2D eigenvalue weighted by atomic mass is 9.85. The molecule has 0 unspecified atom stereocenters. The van der Waals surface area contributed by atoms with Gasteiger partial charge in [-0.2, -0.15) is 4.98 Å². The van der Waals surface area contributed by atoms with E-state index < -0.39 is 0 Å². The molecule has 0 aliphatic heterocycles. The molecule has 1 aromatic heterocycles. The molecule has 0 aromatic carbocycles. The van der Waals surface area contributed by atoms with E-state index in [1.54, 1.807) is 0 Å². The molecule has 1 amide bonds. The van der Waals surface area contributed by atoms with Crippen molar-refractivity contribution < 1.29 is 4.79 Å². The van der Waals surface area contributed by atoms with Crippen LogP contribution in [0.1, 0.15) is 50.0 Å². The predicted octanol–water partition coefficient (Wildman–Crippen LogP) is 1.65. The van der Waals surface area contributed by atoms with E-state index in [-0.39, 0.29) is 11.8 Å². The van der Waals surface area contributed by atoms with Gasteiger partial charge in [0.1, 0.15) is 5.82 Å². The van der Waals surface area contributed by atoms with Gasteiger partial charge in [-0.25, -0.2) is 4.98 Å². The fourth-order valence-electron chi connectivity index (χ4n) is 2.56. The highest BCUT2D eigenvalue weighted by Crippen LogP contribution is 2.42. The van der Waals surface area contributed by atoms with Crippen molar-refractivity contribution >= 4 is 17.7 Å². The van der Waals surface area contributed by atoms with Crippen molar-refractivity contribution in [3.05, 3.63) is 11.8 Å². The Hall–Kier alpha value is -1.85. The zero-order valence-electron chi connectivity index (χ0n) is 12.3. The minimum atomic E-state index is 0.214. The summed E-state index contributed by atoms with van der Waals surface area (Å²) < 4.78 is 0. The second-order valence-electron chi connectivity index (χ2n) is 6.01. The van der Waals surface area contributed by atoms with E-state index in [1.165, 1.54) is 24.8 Å². The fourth-order valence-corrected chi connectivity index (χ4v) is 2.56. The summed E-state index contributed by atoms with van der Waals surface area (Å²) in [7, 11) is 0. The number of nitrogens with zero attached hydrogens (tertiary/aromatic N) is 2. The van der Waals surface area contributed by atoms with Gasteiger partial charge in [-0.3, -0.25) is 4.79 Å². The summed E-state index contributed by atoms with van der Waals surface area (Å²) in [5.41, 5.74) is 6.82. The lowest BCUT2D eigenvalue weighted by Crippen LogP contribution is -2.35. The number of hydrogen-bond acceptors (Lipinski definition) is 5. The zero-order valence-corrected chi connectivity index (χ0v) is 12.3. The third-order valence-electron chi connectivity index (χ3n) is 4.27. The van der Waals surface area contributed by atoms with Gasteiger partial charge in [-0.15, -0.1) is 0 Å². The monoisotopic (exact) mass is 289 g/mol. The van der Waals surface area contributed by atoms with Gasteiger partial charge < -0.3 is 16.4 Å². The topological polar surface area (TPSA) is 92.9 Å². The van der Waals surface area contributed by atoms with Gasteiger partial charge in [0.2, 0.25) is 11.9 Å².